The van der Waals surface area contributed by atoms with E-state index in [4.69, 9.17) is 0 Å². The molecule has 19 heavy (non-hydrogen) atoms. The number of hydrogen-bond donors (Lipinski definition) is 0. The predicted molar refractivity (Wildman–Crippen MR) is 69.6 cm³/mol. The molecule has 0 spiro atoms. The number of carbonyl (C=O) groups excluding carboxylic acids is 1. The van der Waals surface area contributed by atoms with Gasteiger partial charge < -0.3 is 4.90 Å². The van der Waals surface area contributed by atoms with Crippen LogP contribution in [0.2, 0.25) is 0 Å². The Morgan fingerprint density at radius 2 is 2.16 bits per heavy atom. The monoisotopic (exact) mass is 257 g/mol. The number of aryl methyl sites for hydroxylation is 1. The van der Waals surface area contributed by atoms with Crippen molar-refractivity contribution in [3.8, 4) is 0 Å². The molecule has 0 radical (unpaired) electrons. The first-order valence-corrected chi connectivity index (χ1v) is 6.37. The number of rotatable bonds is 2. The van der Waals surface area contributed by atoms with Gasteiger partial charge in [-0.2, -0.15) is 0 Å². The van der Waals surface area contributed by atoms with Gasteiger partial charge in [0.25, 0.3) is 5.91 Å². The van der Waals surface area contributed by atoms with Crippen LogP contribution in [0.1, 0.15) is 24.4 Å². The quantitative estimate of drug-likeness (QED) is 0.814. The molecule has 0 N–H and O–H groups in total. The number of anilines is 1. The Bertz CT molecular complexity index is 580. The third-order valence-corrected chi connectivity index (χ3v) is 3.50. The lowest BCUT2D eigenvalue weighted by atomic mass is 10.0. The van der Waals surface area contributed by atoms with Gasteiger partial charge in [-0.3, -0.25) is 4.79 Å². The van der Waals surface area contributed by atoms with Crippen LogP contribution >= 0.6 is 0 Å². The van der Waals surface area contributed by atoms with Gasteiger partial charge in [0.1, 0.15) is 12.4 Å². The highest BCUT2D eigenvalue weighted by Gasteiger charge is 2.32. The number of amides is 1. The van der Waals surface area contributed by atoms with Crippen LogP contribution in [0.4, 0.5) is 5.69 Å². The predicted octanol–water partition coefficient (Wildman–Crippen LogP) is 1.35. The molecule has 1 unspecified atom stereocenters. The van der Waals surface area contributed by atoms with Crippen LogP contribution in [0.25, 0.3) is 0 Å². The Kier molecular flexibility index (Phi) is 2.98. The molecule has 1 atom stereocenters. The number of benzene rings is 1. The van der Waals surface area contributed by atoms with Crippen LogP contribution in [-0.4, -0.2) is 32.7 Å². The second-order valence-electron chi connectivity index (χ2n) is 4.72. The van der Waals surface area contributed by atoms with Crippen molar-refractivity contribution in [2.45, 2.75) is 25.8 Å². The second-order valence-corrected chi connectivity index (χ2v) is 4.72. The van der Waals surface area contributed by atoms with Gasteiger partial charge in [0.05, 0.1) is 0 Å². The molecule has 2 aromatic rings. The van der Waals surface area contributed by atoms with Gasteiger partial charge in [0, 0.05) is 12.2 Å². The summed E-state index contributed by atoms with van der Waals surface area (Å²) in [7, 11) is 0. The maximum Gasteiger partial charge on any atom is 0.251 e. The fraction of sp³-hybridized carbons (Fsp3) is 0.385. The molecule has 98 valence electrons. The van der Waals surface area contributed by atoms with Crippen LogP contribution in [0.5, 0.6) is 0 Å². The summed E-state index contributed by atoms with van der Waals surface area (Å²) in [5.74, 6) is 0.0628. The van der Waals surface area contributed by atoms with Crippen molar-refractivity contribution in [1.82, 2.24) is 20.2 Å². The zero-order chi connectivity index (χ0) is 13.2. The van der Waals surface area contributed by atoms with Crippen molar-refractivity contribution in [2.75, 3.05) is 11.4 Å². The van der Waals surface area contributed by atoms with E-state index >= 15 is 0 Å². The van der Waals surface area contributed by atoms with Crippen molar-refractivity contribution in [3.63, 3.8) is 0 Å². The fourth-order valence-corrected chi connectivity index (χ4v) is 2.52. The number of nitrogens with zero attached hydrogens (tertiary/aromatic N) is 5. The average Bonchev–Trinajstić information content (AvgIpc) is 2.94. The molecule has 1 aliphatic rings. The molecule has 0 bridgehead atoms. The van der Waals surface area contributed by atoms with Gasteiger partial charge in [-0.25, -0.2) is 4.68 Å². The Morgan fingerprint density at radius 1 is 1.32 bits per heavy atom. The molecule has 3 rings (SSSR count). The summed E-state index contributed by atoms with van der Waals surface area (Å²) in [5.41, 5.74) is 2.08. The molecule has 1 aliphatic heterocycles. The van der Waals surface area contributed by atoms with E-state index in [0.717, 1.165) is 30.6 Å². The maximum absolute atomic E-state index is 12.6. The lowest BCUT2D eigenvalue weighted by molar-refractivity contribution is -0.123. The SMILES string of the molecule is Cc1ccccc1N1CCCC(n2cnnn2)C1=O. The van der Waals surface area contributed by atoms with Crippen LogP contribution in [0.3, 0.4) is 0 Å². The zero-order valence-corrected chi connectivity index (χ0v) is 10.7. The van der Waals surface area contributed by atoms with Crippen LogP contribution in [0, 0.1) is 6.92 Å². The summed E-state index contributed by atoms with van der Waals surface area (Å²) >= 11 is 0. The molecule has 6 heteroatoms. The Hall–Kier alpha value is -2.24. The van der Waals surface area contributed by atoms with E-state index in [-0.39, 0.29) is 11.9 Å². The average molecular weight is 257 g/mol. The maximum atomic E-state index is 12.6. The lowest BCUT2D eigenvalue weighted by Gasteiger charge is -2.32. The molecule has 1 fully saturated rings. The molecule has 2 heterocycles. The molecule has 6 nitrogen and oxygen atoms in total. The highest BCUT2D eigenvalue weighted by molar-refractivity contribution is 5.97. The number of piperidine rings is 1. The summed E-state index contributed by atoms with van der Waals surface area (Å²) in [6.07, 6.45) is 3.24. The molecule has 1 saturated heterocycles. The van der Waals surface area contributed by atoms with E-state index in [1.165, 1.54) is 6.33 Å². The first-order chi connectivity index (χ1) is 9.27. The largest absolute Gasteiger partial charge is 0.310 e. The smallest absolute Gasteiger partial charge is 0.251 e. The first kappa shape index (κ1) is 11.8. The molecular formula is C13H15N5O. The molecule has 1 amide bonds. The topological polar surface area (TPSA) is 63.9 Å². The Morgan fingerprint density at radius 3 is 2.89 bits per heavy atom. The minimum Gasteiger partial charge on any atom is -0.310 e. The van der Waals surface area contributed by atoms with Crippen LogP contribution in [0.15, 0.2) is 30.6 Å². The summed E-state index contributed by atoms with van der Waals surface area (Å²) in [6, 6.07) is 7.64. The van der Waals surface area contributed by atoms with Crippen molar-refractivity contribution in [2.24, 2.45) is 0 Å². The molecule has 0 saturated carbocycles. The summed E-state index contributed by atoms with van der Waals surface area (Å²) in [5, 5.41) is 11.1. The molecular weight excluding hydrogens is 242 g/mol. The minimum absolute atomic E-state index is 0.0628. The normalized spacial score (nSPS) is 19.7. The number of carbonyl (C=O) groups is 1. The Labute approximate surface area is 111 Å². The number of tetrazole rings is 1. The standard InChI is InChI=1S/C13H15N5O/c1-10-5-2-3-6-11(10)17-8-4-7-12(13(17)19)18-9-14-15-16-18/h2-3,5-6,9,12H,4,7-8H2,1H3. The molecule has 1 aromatic carbocycles. The van der Waals surface area contributed by atoms with Gasteiger partial charge >= 0.3 is 0 Å². The van der Waals surface area contributed by atoms with Gasteiger partial charge in [0.2, 0.25) is 0 Å². The van der Waals surface area contributed by atoms with E-state index in [1.807, 2.05) is 36.1 Å². The second kappa shape index (κ2) is 4.79. The molecule has 1 aromatic heterocycles. The van der Waals surface area contributed by atoms with Crippen molar-refractivity contribution >= 4 is 11.6 Å². The highest BCUT2D eigenvalue weighted by atomic mass is 16.2. The van der Waals surface area contributed by atoms with Gasteiger partial charge in [-0.05, 0) is 41.8 Å². The van der Waals surface area contributed by atoms with Gasteiger partial charge in [0.15, 0.2) is 0 Å². The van der Waals surface area contributed by atoms with Crippen molar-refractivity contribution in [3.05, 3.63) is 36.2 Å². The fourth-order valence-electron chi connectivity index (χ4n) is 2.52. The summed E-state index contributed by atoms with van der Waals surface area (Å²) in [6.45, 7) is 2.77. The van der Waals surface area contributed by atoms with E-state index in [2.05, 4.69) is 15.5 Å². The first-order valence-electron chi connectivity index (χ1n) is 6.37. The third kappa shape index (κ3) is 2.09. The van der Waals surface area contributed by atoms with Crippen molar-refractivity contribution in [1.29, 1.82) is 0 Å². The summed E-state index contributed by atoms with van der Waals surface area (Å²) < 4.78 is 1.55. The van der Waals surface area contributed by atoms with E-state index in [0.29, 0.717) is 0 Å². The highest BCUT2D eigenvalue weighted by Crippen LogP contribution is 2.28. The van der Waals surface area contributed by atoms with Crippen molar-refractivity contribution < 1.29 is 4.79 Å². The van der Waals surface area contributed by atoms with Crippen LogP contribution < -0.4 is 4.90 Å². The molecule has 0 aliphatic carbocycles. The number of hydrogen-bond acceptors (Lipinski definition) is 4. The van der Waals surface area contributed by atoms with E-state index < -0.39 is 0 Å². The van der Waals surface area contributed by atoms with E-state index in [9.17, 15) is 4.79 Å². The van der Waals surface area contributed by atoms with Crippen LogP contribution in [-0.2, 0) is 4.79 Å². The van der Waals surface area contributed by atoms with Gasteiger partial charge in [-0.1, -0.05) is 18.2 Å². The number of para-hydroxylation sites is 1. The minimum atomic E-state index is -0.289. The van der Waals surface area contributed by atoms with Gasteiger partial charge in [-0.15, -0.1) is 5.10 Å². The zero-order valence-electron chi connectivity index (χ0n) is 10.7. The lowest BCUT2D eigenvalue weighted by Crippen LogP contribution is -2.42. The summed E-state index contributed by atoms with van der Waals surface area (Å²) in [4.78, 5) is 14.4. The van der Waals surface area contributed by atoms with E-state index in [1.54, 1.807) is 4.68 Å². The third-order valence-electron chi connectivity index (χ3n) is 3.50. The Balaban J connectivity index is 1.92. The number of aromatic nitrogens is 4.